The zero-order valence-corrected chi connectivity index (χ0v) is 13.2. The predicted molar refractivity (Wildman–Crippen MR) is 84.6 cm³/mol. The highest BCUT2D eigenvalue weighted by Gasteiger charge is 2.38. The van der Waals surface area contributed by atoms with Gasteiger partial charge in [0.15, 0.2) is 0 Å². The second-order valence-electron chi connectivity index (χ2n) is 6.13. The number of hydrogen-bond acceptors (Lipinski definition) is 2. The van der Waals surface area contributed by atoms with E-state index in [2.05, 4.69) is 46.0 Å². The Morgan fingerprint density at radius 3 is 2.89 bits per heavy atom. The first-order valence-corrected chi connectivity index (χ1v) is 8.27. The Balaban J connectivity index is 1.88. The molecule has 1 saturated heterocycles. The summed E-state index contributed by atoms with van der Waals surface area (Å²) in [6.07, 6.45) is 6.23. The van der Waals surface area contributed by atoms with Crippen molar-refractivity contribution < 1.29 is 0 Å². The lowest BCUT2D eigenvalue weighted by molar-refractivity contribution is 0.551. The van der Waals surface area contributed by atoms with Crippen LogP contribution in [-0.4, -0.2) is 18.6 Å². The van der Waals surface area contributed by atoms with Crippen LogP contribution in [0.25, 0.3) is 0 Å². The van der Waals surface area contributed by atoms with Crippen molar-refractivity contribution in [1.29, 1.82) is 0 Å². The molecule has 3 heteroatoms. The first-order valence-electron chi connectivity index (χ1n) is 7.48. The Labute approximate surface area is 124 Å². The summed E-state index contributed by atoms with van der Waals surface area (Å²) in [7, 11) is 0. The van der Waals surface area contributed by atoms with E-state index in [-0.39, 0.29) is 6.04 Å². The molecule has 0 amide bonds. The zero-order valence-electron chi connectivity index (χ0n) is 11.6. The summed E-state index contributed by atoms with van der Waals surface area (Å²) < 4.78 is 1.18. The van der Waals surface area contributed by atoms with Gasteiger partial charge in [-0.3, -0.25) is 0 Å². The summed E-state index contributed by atoms with van der Waals surface area (Å²) in [5.41, 5.74) is 9.00. The highest BCUT2D eigenvalue weighted by Crippen LogP contribution is 2.42. The van der Waals surface area contributed by atoms with Crippen molar-refractivity contribution in [1.82, 2.24) is 0 Å². The van der Waals surface area contributed by atoms with Gasteiger partial charge in [0.1, 0.15) is 0 Å². The largest absolute Gasteiger partial charge is 0.368 e. The van der Waals surface area contributed by atoms with E-state index in [4.69, 9.17) is 5.73 Å². The summed E-state index contributed by atoms with van der Waals surface area (Å²) in [4.78, 5) is 2.64. The Bertz CT molecular complexity index is 460. The summed E-state index contributed by atoms with van der Waals surface area (Å²) in [5.74, 6) is 0.927. The molecule has 0 radical (unpaired) electrons. The van der Waals surface area contributed by atoms with Crippen LogP contribution in [0.3, 0.4) is 0 Å². The predicted octanol–water partition coefficient (Wildman–Crippen LogP) is 3.72. The Hall–Kier alpha value is -0.540. The lowest BCUT2D eigenvalue weighted by atomic mass is 10.0. The van der Waals surface area contributed by atoms with Crippen LogP contribution in [0, 0.1) is 5.92 Å². The van der Waals surface area contributed by atoms with Crippen LogP contribution in [0.1, 0.15) is 38.2 Å². The Kier molecular flexibility index (Phi) is 3.86. The minimum Gasteiger partial charge on any atom is -0.368 e. The number of rotatable bonds is 4. The van der Waals surface area contributed by atoms with Crippen LogP contribution in [0.15, 0.2) is 22.7 Å². The third-order valence-electron chi connectivity index (χ3n) is 4.77. The van der Waals surface area contributed by atoms with E-state index in [0.717, 1.165) is 24.8 Å². The Morgan fingerprint density at radius 2 is 2.26 bits per heavy atom. The topological polar surface area (TPSA) is 29.3 Å². The van der Waals surface area contributed by atoms with Gasteiger partial charge in [-0.1, -0.05) is 28.9 Å². The van der Waals surface area contributed by atoms with Gasteiger partial charge in [-0.25, -0.2) is 0 Å². The van der Waals surface area contributed by atoms with Crippen molar-refractivity contribution in [2.75, 3.05) is 11.4 Å². The average Bonchev–Trinajstić information content (AvgIpc) is 3.03. The van der Waals surface area contributed by atoms with E-state index in [9.17, 15) is 0 Å². The number of anilines is 1. The highest BCUT2D eigenvalue weighted by atomic mass is 79.9. The van der Waals surface area contributed by atoms with Gasteiger partial charge >= 0.3 is 0 Å². The third-order valence-corrected chi connectivity index (χ3v) is 5.27. The quantitative estimate of drug-likeness (QED) is 0.915. The molecule has 0 spiro atoms. The fourth-order valence-corrected chi connectivity index (χ4v) is 3.97. The van der Waals surface area contributed by atoms with E-state index in [0.29, 0.717) is 0 Å². The van der Waals surface area contributed by atoms with Gasteiger partial charge in [0.25, 0.3) is 0 Å². The fraction of sp³-hybridized carbons (Fsp3) is 0.625. The van der Waals surface area contributed by atoms with Gasteiger partial charge in [-0.05, 0) is 55.7 Å². The Morgan fingerprint density at radius 1 is 1.42 bits per heavy atom. The molecule has 1 aliphatic carbocycles. The molecule has 1 aromatic carbocycles. The average molecular weight is 323 g/mol. The maximum atomic E-state index is 6.16. The second kappa shape index (κ2) is 5.45. The standard InChI is InChI=1S/C16H23BrN2/c1-2-14(18)8-12-4-5-13(17)9-16(12)19-10-11-3-6-15(19)7-11/h4-5,9,11,14-15H,2-3,6-8,10,18H2,1H3. The van der Waals surface area contributed by atoms with Crippen molar-refractivity contribution in [3.63, 3.8) is 0 Å². The molecule has 3 rings (SSSR count). The minimum absolute atomic E-state index is 0.278. The number of fused-ring (bicyclic) bond motifs is 2. The number of halogens is 1. The molecule has 3 unspecified atom stereocenters. The van der Waals surface area contributed by atoms with Crippen LogP contribution in [0.2, 0.25) is 0 Å². The summed E-state index contributed by atoms with van der Waals surface area (Å²) >= 11 is 3.62. The van der Waals surface area contributed by atoms with Crippen LogP contribution in [0.4, 0.5) is 5.69 Å². The number of nitrogens with zero attached hydrogens (tertiary/aromatic N) is 1. The smallest absolute Gasteiger partial charge is 0.0413 e. The molecular weight excluding hydrogens is 300 g/mol. The second-order valence-corrected chi connectivity index (χ2v) is 7.05. The molecule has 1 aliphatic heterocycles. The number of benzene rings is 1. The molecular formula is C16H23BrN2. The van der Waals surface area contributed by atoms with Crippen molar-refractivity contribution in [3.8, 4) is 0 Å². The molecule has 19 heavy (non-hydrogen) atoms. The van der Waals surface area contributed by atoms with Gasteiger partial charge in [-0.15, -0.1) is 0 Å². The minimum atomic E-state index is 0.278. The first-order chi connectivity index (χ1) is 9.17. The maximum Gasteiger partial charge on any atom is 0.0413 e. The molecule has 2 nitrogen and oxygen atoms in total. The van der Waals surface area contributed by atoms with Gasteiger partial charge < -0.3 is 10.6 Å². The summed E-state index contributed by atoms with van der Waals surface area (Å²) in [5, 5.41) is 0. The number of hydrogen-bond donors (Lipinski definition) is 1. The zero-order chi connectivity index (χ0) is 13.4. The summed E-state index contributed by atoms with van der Waals surface area (Å²) in [6.45, 7) is 3.41. The van der Waals surface area contributed by atoms with Gasteiger partial charge in [0.2, 0.25) is 0 Å². The van der Waals surface area contributed by atoms with Crippen molar-refractivity contribution in [2.24, 2.45) is 11.7 Å². The number of piperidine rings is 1. The van der Waals surface area contributed by atoms with Crippen molar-refractivity contribution >= 4 is 21.6 Å². The highest BCUT2D eigenvalue weighted by molar-refractivity contribution is 9.10. The summed E-state index contributed by atoms with van der Waals surface area (Å²) in [6, 6.07) is 7.74. The van der Waals surface area contributed by atoms with E-state index in [1.54, 1.807) is 0 Å². The van der Waals surface area contributed by atoms with Crippen LogP contribution in [-0.2, 0) is 6.42 Å². The molecule has 0 aromatic heterocycles. The lowest BCUT2D eigenvalue weighted by Crippen LogP contribution is -2.33. The number of nitrogens with two attached hydrogens (primary N) is 1. The molecule has 1 heterocycles. The molecule has 2 bridgehead atoms. The first kappa shape index (κ1) is 13.4. The van der Waals surface area contributed by atoms with E-state index < -0.39 is 0 Å². The van der Waals surface area contributed by atoms with E-state index in [1.165, 1.54) is 41.5 Å². The lowest BCUT2D eigenvalue weighted by Gasteiger charge is -2.31. The molecule has 1 aromatic rings. The van der Waals surface area contributed by atoms with Crippen LogP contribution in [0.5, 0.6) is 0 Å². The van der Waals surface area contributed by atoms with Crippen LogP contribution >= 0.6 is 15.9 Å². The van der Waals surface area contributed by atoms with Gasteiger partial charge in [-0.2, -0.15) is 0 Å². The normalized spacial score (nSPS) is 27.0. The third kappa shape index (κ3) is 2.68. The molecule has 2 N–H and O–H groups in total. The maximum absolute atomic E-state index is 6.16. The van der Waals surface area contributed by atoms with Gasteiger partial charge in [0, 0.05) is 28.8 Å². The SMILES string of the molecule is CCC(N)Cc1ccc(Br)cc1N1CC2CCC1C2. The molecule has 2 fully saturated rings. The van der Waals surface area contributed by atoms with E-state index in [1.807, 2.05) is 0 Å². The van der Waals surface area contributed by atoms with Crippen molar-refractivity contribution in [2.45, 2.75) is 51.1 Å². The molecule has 3 atom stereocenters. The molecule has 104 valence electrons. The van der Waals surface area contributed by atoms with Crippen LogP contribution < -0.4 is 10.6 Å². The van der Waals surface area contributed by atoms with Gasteiger partial charge in [0.05, 0.1) is 0 Å². The van der Waals surface area contributed by atoms with Crippen molar-refractivity contribution in [3.05, 3.63) is 28.2 Å². The molecule has 2 aliphatic rings. The fourth-order valence-electron chi connectivity index (χ4n) is 3.62. The monoisotopic (exact) mass is 322 g/mol. The van der Waals surface area contributed by atoms with E-state index >= 15 is 0 Å². The molecule has 1 saturated carbocycles.